The summed E-state index contributed by atoms with van der Waals surface area (Å²) in [6.45, 7) is 7.18. The fourth-order valence-corrected chi connectivity index (χ4v) is 2.79. The minimum Gasteiger partial charge on any atom is -0.360 e. The van der Waals surface area contributed by atoms with Gasteiger partial charge in [0.05, 0.1) is 31.7 Å². The molecule has 0 aromatic heterocycles. The molecule has 1 aromatic rings. The molecule has 1 amide bonds. The van der Waals surface area contributed by atoms with Crippen molar-refractivity contribution in [3.63, 3.8) is 0 Å². The minimum atomic E-state index is -4.32. The Kier molecular flexibility index (Phi) is 6.10. The molecule has 0 unspecified atom stereocenters. The summed E-state index contributed by atoms with van der Waals surface area (Å²) >= 11 is 0. The summed E-state index contributed by atoms with van der Waals surface area (Å²) in [4.78, 5) is 15.0. The zero-order chi connectivity index (χ0) is 17.7. The Morgan fingerprint density at radius 3 is 2.58 bits per heavy atom. The van der Waals surface area contributed by atoms with Gasteiger partial charge in [0, 0.05) is 11.7 Å². The number of alkyl halides is 3. The van der Waals surface area contributed by atoms with E-state index in [1.54, 1.807) is 6.07 Å². The van der Waals surface area contributed by atoms with Crippen LogP contribution in [0.4, 0.5) is 18.9 Å². The number of carbonyl (C=O) groups is 1. The van der Waals surface area contributed by atoms with E-state index >= 15 is 0 Å². The van der Waals surface area contributed by atoms with Crippen LogP contribution in [0.15, 0.2) is 24.3 Å². The van der Waals surface area contributed by atoms with Crippen LogP contribution in [-0.4, -0.2) is 44.7 Å². The molecule has 134 valence electrons. The van der Waals surface area contributed by atoms with E-state index in [1.807, 2.05) is 18.7 Å². The van der Waals surface area contributed by atoms with Gasteiger partial charge in [0.1, 0.15) is 0 Å². The van der Waals surface area contributed by atoms with Crippen LogP contribution < -0.4 is 15.1 Å². The molecule has 1 aromatic carbocycles. The summed E-state index contributed by atoms with van der Waals surface area (Å²) < 4.78 is 38.4. The number of carbonyl (C=O) groups excluding carboxylic acids is 1. The number of piperazine rings is 1. The fourth-order valence-electron chi connectivity index (χ4n) is 2.79. The minimum absolute atomic E-state index is 0.0341. The lowest BCUT2D eigenvalue weighted by atomic mass is 10.1. The van der Waals surface area contributed by atoms with Crippen molar-refractivity contribution in [2.75, 3.05) is 37.6 Å². The number of hydrogen-bond donors (Lipinski definition) is 2. The fraction of sp³-hybridized carbons (Fsp3) is 0.588. The summed E-state index contributed by atoms with van der Waals surface area (Å²) in [6.07, 6.45) is -3.43. The van der Waals surface area contributed by atoms with Gasteiger partial charge in [0.15, 0.2) is 6.54 Å². The van der Waals surface area contributed by atoms with E-state index in [4.69, 9.17) is 0 Å². The van der Waals surface area contributed by atoms with Crippen molar-refractivity contribution in [2.24, 2.45) is 0 Å². The molecule has 1 aliphatic heterocycles. The number of halogens is 3. The largest absolute Gasteiger partial charge is 0.416 e. The Morgan fingerprint density at radius 2 is 2.00 bits per heavy atom. The molecule has 24 heavy (non-hydrogen) atoms. The summed E-state index contributed by atoms with van der Waals surface area (Å²) in [5, 5.41) is 2.95. The molecular formula is C17H25F3N3O+. The number of benzene rings is 1. The molecule has 1 aliphatic rings. The van der Waals surface area contributed by atoms with Crippen molar-refractivity contribution in [1.29, 1.82) is 0 Å². The van der Waals surface area contributed by atoms with Crippen molar-refractivity contribution < 1.29 is 22.9 Å². The number of quaternary nitrogens is 1. The van der Waals surface area contributed by atoms with E-state index in [-0.39, 0.29) is 11.9 Å². The first-order valence-corrected chi connectivity index (χ1v) is 8.34. The van der Waals surface area contributed by atoms with Crippen LogP contribution in [0.2, 0.25) is 0 Å². The molecule has 0 spiro atoms. The summed E-state index contributed by atoms with van der Waals surface area (Å²) in [7, 11) is 0. The Hall–Kier alpha value is -1.76. The monoisotopic (exact) mass is 344 g/mol. The van der Waals surface area contributed by atoms with Crippen LogP contribution in [0.5, 0.6) is 0 Å². The van der Waals surface area contributed by atoms with Crippen molar-refractivity contribution in [1.82, 2.24) is 5.32 Å². The lowest BCUT2D eigenvalue weighted by molar-refractivity contribution is -0.892. The highest BCUT2D eigenvalue weighted by Crippen LogP contribution is 2.31. The van der Waals surface area contributed by atoms with Crippen LogP contribution in [0.25, 0.3) is 0 Å². The second kappa shape index (κ2) is 7.88. The molecule has 2 rings (SSSR count). The van der Waals surface area contributed by atoms with Gasteiger partial charge in [-0.1, -0.05) is 13.0 Å². The van der Waals surface area contributed by atoms with Crippen LogP contribution in [0, 0.1) is 0 Å². The molecule has 4 nitrogen and oxygen atoms in total. The Balaban J connectivity index is 1.88. The number of hydrogen-bond acceptors (Lipinski definition) is 2. The van der Waals surface area contributed by atoms with E-state index in [0.29, 0.717) is 25.3 Å². The third-order valence-corrected chi connectivity index (χ3v) is 4.44. The molecule has 1 saturated heterocycles. The molecule has 0 saturated carbocycles. The first-order chi connectivity index (χ1) is 11.3. The second-order valence-corrected chi connectivity index (χ2v) is 6.34. The van der Waals surface area contributed by atoms with Gasteiger partial charge in [-0.3, -0.25) is 4.79 Å². The molecule has 0 bridgehead atoms. The maximum absolute atomic E-state index is 12.8. The quantitative estimate of drug-likeness (QED) is 0.846. The highest BCUT2D eigenvalue weighted by Gasteiger charge is 2.31. The third kappa shape index (κ3) is 5.12. The lowest BCUT2D eigenvalue weighted by Gasteiger charge is -2.33. The smallest absolute Gasteiger partial charge is 0.360 e. The zero-order valence-corrected chi connectivity index (χ0v) is 14.1. The number of nitrogens with zero attached hydrogens (tertiary/aromatic N) is 1. The molecule has 0 radical (unpaired) electrons. The number of rotatable bonds is 5. The van der Waals surface area contributed by atoms with Crippen molar-refractivity contribution >= 4 is 11.6 Å². The summed E-state index contributed by atoms with van der Waals surface area (Å²) in [6, 6.07) is 5.60. The average Bonchev–Trinajstić information content (AvgIpc) is 2.54. The van der Waals surface area contributed by atoms with Crippen LogP contribution in [0.1, 0.15) is 25.8 Å². The maximum atomic E-state index is 12.8. The molecule has 7 heteroatoms. The standard InChI is InChI=1S/C17H24F3N3O/c1-3-13(2)21-16(24)12-22-7-9-23(10-8-22)15-6-4-5-14(11-15)17(18,19)20/h4-6,11,13H,3,7-10,12H2,1-2H3,(H,21,24)/p+1/t13-/m0/s1. The normalized spacial score (nSPS) is 17.6. The molecule has 1 fully saturated rings. The van der Waals surface area contributed by atoms with Gasteiger partial charge in [-0.2, -0.15) is 13.2 Å². The highest BCUT2D eigenvalue weighted by molar-refractivity contribution is 5.77. The number of nitrogens with one attached hydrogen (secondary N) is 2. The van der Waals surface area contributed by atoms with E-state index in [2.05, 4.69) is 5.32 Å². The van der Waals surface area contributed by atoms with Crippen LogP contribution in [0.3, 0.4) is 0 Å². The van der Waals surface area contributed by atoms with Crippen LogP contribution in [-0.2, 0) is 11.0 Å². The van der Waals surface area contributed by atoms with E-state index < -0.39 is 11.7 Å². The van der Waals surface area contributed by atoms with Gasteiger partial charge in [-0.25, -0.2) is 0 Å². The van der Waals surface area contributed by atoms with Gasteiger partial charge in [-0.05, 0) is 31.5 Å². The first kappa shape index (κ1) is 18.6. The van der Waals surface area contributed by atoms with Gasteiger partial charge in [-0.15, -0.1) is 0 Å². The predicted octanol–water partition coefficient (Wildman–Crippen LogP) is 1.33. The molecule has 2 N–H and O–H groups in total. The molecular weight excluding hydrogens is 319 g/mol. The number of amides is 1. The lowest BCUT2D eigenvalue weighted by Crippen LogP contribution is -3.16. The third-order valence-electron chi connectivity index (χ3n) is 4.44. The Bertz CT molecular complexity index is 554. The van der Waals surface area contributed by atoms with Crippen molar-refractivity contribution in [3.05, 3.63) is 29.8 Å². The zero-order valence-electron chi connectivity index (χ0n) is 14.1. The number of anilines is 1. The average molecular weight is 344 g/mol. The first-order valence-electron chi connectivity index (χ1n) is 8.34. The van der Waals surface area contributed by atoms with Crippen molar-refractivity contribution in [2.45, 2.75) is 32.5 Å². The summed E-state index contributed by atoms with van der Waals surface area (Å²) in [5.41, 5.74) is -0.0318. The Labute approximate surface area is 140 Å². The molecule has 0 aliphatic carbocycles. The summed E-state index contributed by atoms with van der Waals surface area (Å²) in [5.74, 6) is 0.0341. The van der Waals surface area contributed by atoms with Gasteiger partial charge in [0.25, 0.3) is 5.91 Å². The van der Waals surface area contributed by atoms with Gasteiger partial charge < -0.3 is 15.1 Å². The van der Waals surface area contributed by atoms with E-state index in [0.717, 1.165) is 25.6 Å². The topological polar surface area (TPSA) is 36.8 Å². The SMILES string of the molecule is CC[C@H](C)NC(=O)C[NH+]1CCN(c2cccc(C(F)(F)F)c2)CC1. The maximum Gasteiger partial charge on any atom is 0.416 e. The van der Waals surface area contributed by atoms with Crippen LogP contribution >= 0.6 is 0 Å². The molecule has 1 heterocycles. The Morgan fingerprint density at radius 1 is 1.33 bits per heavy atom. The second-order valence-electron chi connectivity index (χ2n) is 6.34. The van der Waals surface area contributed by atoms with E-state index in [9.17, 15) is 18.0 Å². The van der Waals surface area contributed by atoms with E-state index in [1.165, 1.54) is 17.0 Å². The van der Waals surface area contributed by atoms with Crippen molar-refractivity contribution in [3.8, 4) is 0 Å². The van der Waals surface area contributed by atoms with Gasteiger partial charge >= 0.3 is 6.18 Å². The predicted molar refractivity (Wildman–Crippen MR) is 87.1 cm³/mol. The molecule has 1 atom stereocenters. The van der Waals surface area contributed by atoms with Gasteiger partial charge in [0.2, 0.25) is 0 Å². The highest BCUT2D eigenvalue weighted by atomic mass is 19.4.